The fraction of sp³-hybridized carbons (Fsp3) is 0.133. The molecule has 0 aliphatic carbocycles. The van der Waals surface area contributed by atoms with E-state index in [0.717, 1.165) is 0 Å². The molecule has 0 aliphatic rings. The number of hydrogen-bond acceptors (Lipinski definition) is 8. The van der Waals surface area contributed by atoms with Crippen molar-refractivity contribution in [3.8, 4) is 5.75 Å². The third-order valence-corrected chi connectivity index (χ3v) is 4.04. The lowest BCUT2D eigenvalue weighted by Crippen LogP contribution is -2.04. The van der Waals surface area contributed by atoms with Gasteiger partial charge >= 0.3 is 5.97 Å². The molecule has 0 radical (unpaired) electrons. The number of phenolic OH excluding ortho intramolecular Hbond substituents is 1. The van der Waals surface area contributed by atoms with E-state index in [2.05, 4.69) is 25.1 Å². The number of carbonyl (C=O) groups excluding carboxylic acids is 1. The van der Waals surface area contributed by atoms with Crippen molar-refractivity contribution in [3.63, 3.8) is 0 Å². The predicted octanol–water partition coefficient (Wildman–Crippen LogP) is 1.60. The minimum Gasteiger partial charge on any atom is -0.507 e. The quantitative estimate of drug-likeness (QED) is 0.405. The molecule has 2 heterocycles. The molecule has 128 valence electrons. The van der Waals surface area contributed by atoms with Gasteiger partial charge in [-0.15, -0.1) is 10.2 Å². The maximum absolute atomic E-state index is 11.4. The van der Waals surface area contributed by atoms with Crippen LogP contribution in [0.3, 0.4) is 0 Å². The van der Waals surface area contributed by atoms with E-state index in [1.54, 1.807) is 41.2 Å². The number of nitrogens with zero attached hydrogens (tertiary/aromatic N) is 6. The summed E-state index contributed by atoms with van der Waals surface area (Å²) in [5.74, 6) is 0.0708. The molecule has 0 saturated heterocycles. The van der Waals surface area contributed by atoms with Gasteiger partial charge in [0.05, 0.1) is 19.2 Å². The van der Waals surface area contributed by atoms with E-state index in [1.165, 1.54) is 36.1 Å². The van der Waals surface area contributed by atoms with Crippen molar-refractivity contribution >= 4 is 23.9 Å². The molecule has 1 aromatic carbocycles. The summed E-state index contributed by atoms with van der Waals surface area (Å²) in [6, 6.07) is 8.44. The second-order valence-corrected chi connectivity index (χ2v) is 5.68. The zero-order chi connectivity index (χ0) is 17.6. The van der Waals surface area contributed by atoms with E-state index in [-0.39, 0.29) is 11.4 Å². The summed E-state index contributed by atoms with van der Waals surface area (Å²) in [6.07, 6.45) is 4.65. The Morgan fingerprint density at radius 1 is 1.40 bits per heavy atom. The van der Waals surface area contributed by atoms with Crippen LogP contribution < -0.4 is 0 Å². The van der Waals surface area contributed by atoms with Crippen molar-refractivity contribution in [2.45, 2.75) is 11.0 Å². The summed E-state index contributed by atoms with van der Waals surface area (Å²) < 4.78 is 7.69. The highest BCUT2D eigenvalue weighted by molar-refractivity contribution is 7.98. The Morgan fingerprint density at radius 2 is 2.24 bits per heavy atom. The standard InChI is InChI=1S/C15H14N6O3S/c1-24-14(23)12-6-7-20(19-12)10-25-15-18-16-9-21(15)17-8-11-4-2-3-5-13(11)22/h2-9,22H,10H2,1H3/b17-8+. The van der Waals surface area contributed by atoms with E-state index in [0.29, 0.717) is 16.6 Å². The van der Waals surface area contributed by atoms with Gasteiger partial charge in [-0.1, -0.05) is 23.9 Å². The first-order valence-corrected chi connectivity index (χ1v) is 8.13. The number of carbonyl (C=O) groups is 1. The fourth-order valence-corrected chi connectivity index (χ4v) is 2.61. The molecule has 10 heteroatoms. The maximum atomic E-state index is 11.4. The van der Waals surface area contributed by atoms with Crippen LogP contribution >= 0.6 is 11.8 Å². The fourth-order valence-electron chi connectivity index (χ4n) is 1.89. The Hall–Kier alpha value is -3.14. The van der Waals surface area contributed by atoms with E-state index in [9.17, 15) is 9.90 Å². The highest BCUT2D eigenvalue weighted by Gasteiger charge is 2.10. The maximum Gasteiger partial charge on any atom is 0.358 e. The molecule has 9 nitrogen and oxygen atoms in total. The van der Waals surface area contributed by atoms with Crippen LogP contribution in [0.1, 0.15) is 16.1 Å². The molecule has 0 atom stereocenters. The van der Waals surface area contributed by atoms with Crippen LogP contribution in [-0.2, 0) is 10.6 Å². The number of phenols is 1. The predicted molar refractivity (Wildman–Crippen MR) is 90.5 cm³/mol. The number of ether oxygens (including phenoxy) is 1. The number of hydrogen-bond donors (Lipinski definition) is 1. The Bertz CT molecular complexity index is 904. The number of thioether (sulfide) groups is 1. The first-order valence-electron chi connectivity index (χ1n) is 7.14. The second kappa shape index (κ2) is 7.62. The summed E-state index contributed by atoms with van der Waals surface area (Å²) in [6.45, 7) is 0. The van der Waals surface area contributed by atoms with Crippen molar-refractivity contribution < 1.29 is 14.6 Å². The summed E-state index contributed by atoms with van der Waals surface area (Å²) in [5, 5.41) is 26.4. The third kappa shape index (κ3) is 4.04. The van der Waals surface area contributed by atoms with Crippen LogP contribution in [0.25, 0.3) is 0 Å². The molecule has 25 heavy (non-hydrogen) atoms. The lowest BCUT2D eigenvalue weighted by molar-refractivity contribution is 0.0593. The molecule has 3 rings (SSSR count). The molecule has 0 unspecified atom stereocenters. The smallest absolute Gasteiger partial charge is 0.358 e. The van der Waals surface area contributed by atoms with Crippen molar-refractivity contribution in [3.05, 3.63) is 54.1 Å². The van der Waals surface area contributed by atoms with E-state index >= 15 is 0 Å². The third-order valence-electron chi connectivity index (χ3n) is 3.12. The van der Waals surface area contributed by atoms with Gasteiger partial charge in [-0.2, -0.15) is 14.9 Å². The van der Waals surface area contributed by atoms with Crippen LogP contribution in [0.5, 0.6) is 5.75 Å². The largest absolute Gasteiger partial charge is 0.507 e. The summed E-state index contributed by atoms with van der Waals surface area (Å²) in [5.41, 5.74) is 0.823. The van der Waals surface area contributed by atoms with E-state index < -0.39 is 5.97 Å². The van der Waals surface area contributed by atoms with Crippen LogP contribution in [0, 0.1) is 0 Å². The topological polar surface area (TPSA) is 107 Å². The van der Waals surface area contributed by atoms with Gasteiger partial charge in [-0.3, -0.25) is 4.68 Å². The molecule has 3 aromatic rings. The minimum atomic E-state index is -0.487. The van der Waals surface area contributed by atoms with Crippen LogP contribution in [0.2, 0.25) is 0 Å². The Balaban J connectivity index is 1.67. The number of aromatic nitrogens is 5. The van der Waals surface area contributed by atoms with Crippen molar-refractivity contribution in [2.24, 2.45) is 5.10 Å². The Morgan fingerprint density at radius 3 is 3.04 bits per heavy atom. The van der Waals surface area contributed by atoms with E-state index in [1.807, 2.05) is 0 Å². The van der Waals surface area contributed by atoms with Crippen molar-refractivity contribution in [1.82, 2.24) is 24.7 Å². The van der Waals surface area contributed by atoms with Crippen LogP contribution in [-0.4, -0.2) is 49.1 Å². The number of methoxy groups -OCH3 is 1. The second-order valence-electron chi connectivity index (χ2n) is 4.77. The number of benzene rings is 1. The number of rotatable bonds is 6. The molecule has 0 bridgehead atoms. The van der Waals surface area contributed by atoms with Gasteiger partial charge in [0.15, 0.2) is 5.69 Å². The average molecular weight is 358 g/mol. The molecular weight excluding hydrogens is 344 g/mol. The van der Waals surface area contributed by atoms with Gasteiger partial charge in [0.1, 0.15) is 12.1 Å². The highest BCUT2D eigenvalue weighted by atomic mass is 32.2. The van der Waals surface area contributed by atoms with Gasteiger partial charge in [0, 0.05) is 11.8 Å². The zero-order valence-corrected chi connectivity index (χ0v) is 14.0. The lowest BCUT2D eigenvalue weighted by atomic mass is 10.2. The molecular formula is C15H14N6O3S. The monoisotopic (exact) mass is 358 g/mol. The van der Waals surface area contributed by atoms with E-state index in [4.69, 9.17) is 0 Å². The molecule has 0 saturated carbocycles. The Labute approximate surface area is 146 Å². The first-order chi connectivity index (χ1) is 12.2. The summed E-state index contributed by atoms with van der Waals surface area (Å²) >= 11 is 1.34. The molecule has 2 aromatic heterocycles. The molecule has 0 fully saturated rings. The average Bonchev–Trinajstić information content (AvgIpc) is 3.27. The van der Waals surface area contributed by atoms with Crippen molar-refractivity contribution in [1.29, 1.82) is 0 Å². The number of aromatic hydroxyl groups is 1. The van der Waals surface area contributed by atoms with Gasteiger partial charge in [-0.05, 0) is 18.2 Å². The molecule has 0 spiro atoms. The minimum absolute atomic E-state index is 0.139. The van der Waals surface area contributed by atoms with Gasteiger partial charge in [0.2, 0.25) is 5.16 Å². The highest BCUT2D eigenvalue weighted by Crippen LogP contribution is 2.18. The number of esters is 1. The lowest BCUT2D eigenvalue weighted by Gasteiger charge is -2.02. The summed E-state index contributed by atoms with van der Waals surface area (Å²) in [7, 11) is 1.31. The number of para-hydroxylation sites is 1. The van der Waals surface area contributed by atoms with Crippen molar-refractivity contribution in [2.75, 3.05) is 7.11 Å². The summed E-state index contributed by atoms with van der Waals surface area (Å²) in [4.78, 5) is 11.4. The normalized spacial score (nSPS) is 11.1. The van der Waals surface area contributed by atoms with Gasteiger partial charge in [0.25, 0.3) is 0 Å². The Kier molecular flexibility index (Phi) is 5.09. The first kappa shape index (κ1) is 16.7. The van der Waals surface area contributed by atoms with Crippen LogP contribution in [0.4, 0.5) is 0 Å². The molecule has 1 N–H and O–H groups in total. The molecule has 0 amide bonds. The van der Waals surface area contributed by atoms with Crippen LogP contribution in [0.15, 0.2) is 53.1 Å². The zero-order valence-electron chi connectivity index (χ0n) is 13.2. The van der Waals surface area contributed by atoms with Gasteiger partial charge < -0.3 is 9.84 Å². The van der Waals surface area contributed by atoms with Gasteiger partial charge in [-0.25, -0.2) is 4.79 Å². The SMILES string of the molecule is COC(=O)c1ccn(CSc2nncn2/N=C/c2ccccc2O)n1. The molecule has 0 aliphatic heterocycles.